The van der Waals surface area contributed by atoms with Gasteiger partial charge in [-0.3, -0.25) is 0 Å². The molecule has 0 saturated carbocycles. The van der Waals surface area contributed by atoms with E-state index >= 15 is 0 Å². The molecule has 0 bridgehead atoms. The first kappa shape index (κ1) is 15.8. The molecule has 0 amide bonds. The fourth-order valence-corrected chi connectivity index (χ4v) is 3.46. The first-order valence-electron chi connectivity index (χ1n) is 5.61. The second-order valence-corrected chi connectivity index (χ2v) is 6.88. The van der Waals surface area contributed by atoms with Gasteiger partial charge in [-0.1, -0.05) is 11.6 Å². The molecule has 0 aromatic heterocycles. The van der Waals surface area contributed by atoms with Crippen molar-refractivity contribution in [2.45, 2.75) is 18.7 Å². The quantitative estimate of drug-likeness (QED) is 0.862. The number of sulfonamides is 1. The Morgan fingerprint density at radius 2 is 2.11 bits per heavy atom. The zero-order valence-electron chi connectivity index (χ0n) is 11.0. The average molecular weight is 302 g/mol. The van der Waals surface area contributed by atoms with E-state index in [9.17, 15) is 8.42 Å². The molecule has 0 radical (unpaired) electrons. The minimum atomic E-state index is -3.70. The number of rotatable bonds is 4. The zero-order chi connectivity index (χ0) is 14.8. The van der Waals surface area contributed by atoms with Gasteiger partial charge in [0.1, 0.15) is 0 Å². The van der Waals surface area contributed by atoms with Crippen molar-refractivity contribution < 1.29 is 8.42 Å². The normalized spacial score (nSPS) is 13.3. The van der Waals surface area contributed by atoms with E-state index in [1.54, 1.807) is 13.8 Å². The van der Waals surface area contributed by atoms with E-state index in [0.29, 0.717) is 11.3 Å². The highest BCUT2D eigenvalue weighted by atomic mass is 35.5. The van der Waals surface area contributed by atoms with Gasteiger partial charge in [0, 0.05) is 24.3 Å². The Morgan fingerprint density at radius 3 is 2.63 bits per heavy atom. The molecule has 0 saturated heterocycles. The lowest BCUT2D eigenvalue weighted by Gasteiger charge is -2.20. The third kappa shape index (κ3) is 3.38. The number of nitrogen functional groups attached to an aromatic ring is 1. The van der Waals surface area contributed by atoms with Crippen molar-refractivity contribution in [1.82, 2.24) is 4.31 Å². The van der Waals surface area contributed by atoms with Crippen LogP contribution in [-0.4, -0.2) is 26.3 Å². The largest absolute Gasteiger partial charge is 0.398 e. The molecule has 0 aliphatic heterocycles. The van der Waals surface area contributed by atoms with Gasteiger partial charge in [0.25, 0.3) is 0 Å². The minimum Gasteiger partial charge on any atom is -0.398 e. The van der Waals surface area contributed by atoms with Gasteiger partial charge < -0.3 is 5.73 Å². The van der Waals surface area contributed by atoms with Crippen LogP contribution in [0.1, 0.15) is 12.5 Å². The van der Waals surface area contributed by atoms with Crippen molar-refractivity contribution in [1.29, 1.82) is 5.26 Å². The Morgan fingerprint density at radius 1 is 1.53 bits per heavy atom. The van der Waals surface area contributed by atoms with E-state index in [-0.39, 0.29) is 16.5 Å². The van der Waals surface area contributed by atoms with E-state index < -0.39 is 15.9 Å². The third-order valence-electron chi connectivity index (χ3n) is 2.80. The number of nitrogens with zero attached hydrogens (tertiary/aromatic N) is 2. The van der Waals surface area contributed by atoms with Crippen molar-refractivity contribution >= 4 is 27.3 Å². The molecule has 1 rings (SSSR count). The Hall–Kier alpha value is -1.29. The minimum absolute atomic E-state index is 0.0742. The van der Waals surface area contributed by atoms with Crippen LogP contribution in [0.25, 0.3) is 0 Å². The third-order valence-corrected chi connectivity index (χ3v) is 4.97. The highest BCUT2D eigenvalue weighted by molar-refractivity contribution is 7.89. The first-order valence-corrected chi connectivity index (χ1v) is 7.43. The van der Waals surface area contributed by atoms with Gasteiger partial charge in [-0.05, 0) is 31.5 Å². The molecule has 0 spiro atoms. The molecule has 1 unspecified atom stereocenters. The van der Waals surface area contributed by atoms with Crippen LogP contribution in [0.4, 0.5) is 5.69 Å². The molecule has 19 heavy (non-hydrogen) atoms. The first-order chi connectivity index (χ1) is 8.70. The molecule has 0 heterocycles. The fourth-order valence-electron chi connectivity index (χ4n) is 1.63. The summed E-state index contributed by atoms with van der Waals surface area (Å²) in [7, 11) is -2.27. The molecular formula is C12H16ClN3O2S. The highest BCUT2D eigenvalue weighted by Gasteiger charge is 2.25. The Balaban J connectivity index is 3.25. The van der Waals surface area contributed by atoms with Crippen molar-refractivity contribution in [3.8, 4) is 6.07 Å². The number of hydrogen-bond donors (Lipinski definition) is 1. The molecule has 0 aliphatic rings. The summed E-state index contributed by atoms with van der Waals surface area (Å²) < 4.78 is 26.0. The molecule has 0 fully saturated rings. The number of benzene rings is 1. The number of anilines is 1. The van der Waals surface area contributed by atoms with Crippen molar-refractivity contribution in [2.75, 3.05) is 19.3 Å². The predicted molar refractivity (Wildman–Crippen MR) is 75.2 cm³/mol. The van der Waals surface area contributed by atoms with Crippen molar-refractivity contribution in [3.05, 3.63) is 22.7 Å². The van der Waals surface area contributed by atoms with Crippen LogP contribution in [0, 0.1) is 24.2 Å². The van der Waals surface area contributed by atoms with E-state index in [4.69, 9.17) is 22.6 Å². The van der Waals surface area contributed by atoms with Crippen LogP contribution >= 0.6 is 11.6 Å². The van der Waals surface area contributed by atoms with Gasteiger partial charge in [0.05, 0.1) is 16.9 Å². The van der Waals surface area contributed by atoms with Crippen molar-refractivity contribution in [3.63, 3.8) is 0 Å². The summed E-state index contributed by atoms with van der Waals surface area (Å²) in [6.45, 7) is 3.40. The predicted octanol–water partition coefficient (Wildman–Crippen LogP) is 2.01. The average Bonchev–Trinajstić information content (AvgIpc) is 2.33. The summed E-state index contributed by atoms with van der Waals surface area (Å²) in [6, 6.07) is 4.88. The van der Waals surface area contributed by atoms with Crippen LogP contribution in [-0.2, 0) is 10.0 Å². The number of halogens is 1. The molecule has 104 valence electrons. The topological polar surface area (TPSA) is 87.2 Å². The lowest BCUT2D eigenvalue weighted by atomic mass is 10.2. The summed E-state index contributed by atoms with van der Waals surface area (Å²) in [5.74, 6) is -0.392. The summed E-state index contributed by atoms with van der Waals surface area (Å²) >= 11 is 5.85. The molecule has 1 aromatic carbocycles. The van der Waals surface area contributed by atoms with Crippen LogP contribution in [0.5, 0.6) is 0 Å². The van der Waals surface area contributed by atoms with Gasteiger partial charge in [-0.2, -0.15) is 9.57 Å². The second kappa shape index (κ2) is 5.78. The van der Waals surface area contributed by atoms with Crippen LogP contribution in [0.2, 0.25) is 5.02 Å². The summed E-state index contributed by atoms with van der Waals surface area (Å²) in [6.07, 6.45) is 0. The van der Waals surface area contributed by atoms with E-state index in [0.717, 1.165) is 4.31 Å². The monoisotopic (exact) mass is 301 g/mol. The Labute approximate surface area is 118 Å². The number of nitrogens with two attached hydrogens (primary N) is 1. The molecule has 7 heteroatoms. The number of nitriles is 1. The summed E-state index contributed by atoms with van der Waals surface area (Å²) in [5.41, 5.74) is 6.51. The smallest absolute Gasteiger partial charge is 0.243 e. The molecule has 1 atom stereocenters. The Bertz CT molecular complexity index is 623. The highest BCUT2D eigenvalue weighted by Crippen LogP contribution is 2.28. The fraction of sp³-hybridized carbons (Fsp3) is 0.417. The molecule has 1 aromatic rings. The molecule has 5 nitrogen and oxygen atoms in total. The van der Waals surface area contributed by atoms with Crippen LogP contribution < -0.4 is 5.73 Å². The van der Waals surface area contributed by atoms with E-state index in [1.807, 2.05) is 6.07 Å². The van der Waals surface area contributed by atoms with Gasteiger partial charge in [-0.25, -0.2) is 8.42 Å². The van der Waals surface area contributed by atoms with Gasteiger partial charge >= 0.3 is 0 Å². The van der Waals surface area contributed by atoms with Crippen LogP contribution in [0.15, 0.2) is 17.0 Å². The number of hydrogen-bond acceptors (Lipinski definition) is 4. The van der Waals surface area contributed by atoms with E-state index in [1.165, 1.54) is 19.2 Å². The van der Waals surface area contributed by atoms with E-state index in [2.05, 4.69) is 0 Å². The summed E-state index contributed by atoms with van der Waals surface area (Å²) in [5, 5.41) is 9.02. The van der Waals surface area contributed by atoms with Gasteiger partial charge in [-0.15, -0.1) is 0 Å². The maximum absolute atomic E-state index is 12.4. The standard InChI is InChI=1S/C12H16ClN3O2S/c1-8(6-14)7-16(3)19(17,18)12-5-10(13)4-11(15)9(12)2/h4-5,8H,7,15H2,1-3H3. The van der Waals surface area contributed by atoms with Gasteiger partial charge in [0.2, 0.25) is 10.0 Å². The van der Waals surface area contributed by atoms with Crippen molar-refractivity contribution in [2.24, 2.45) is 5.92 Å². The lowest BCUT2D eigenvalue weighted by Crippen LogP contribution is -2.31. The molecule has 2 N–H and O–H groups in total. The second-order valence-electron chi connectivity index (χ2n) is 4.43. The SMILES string of the molecule is Cc1c(N)cc(Cl)cc1S(=O)(=O)N(C)CC(C)C#N. The zero-order valence-corrected chi connectivity index (χ0v) is 12.6. The molecular weight excluding hydrogens is 286 g/mol. The van der Waals surface area contributed by atoms with Gasteiger partial charge in [0.15, 0.2) is 0 Å². The summed E-state index contributed by atoms with van der Waals surface area (Å²) in [4.78, 5) is 0.0742. The maximum Gasteiger partial charge on any atom is 0.243 e. The van der Waals surface area contributed by atoms with Crippen LogP contribution in [0.3, 0.4) is 0 Å². The Kier molecular flexibility index (Phi) is 4.80. The lowest BCUT2D eigenvalue weighted by molar-refractivity contribution is 0.439. The maximum atomic E-state index is 12.4. The molecule has 0 aliphatic carbocycles.